The maximum Gasteiger partial charge on any atom is 0.0355 e. The average molecular weight is 825 g/mol. The number of thiophene rings is 1. The molecule has 0 spiro atoms. The summed E-state index contributed by atoms with van der Waals surface area (Å²) in [5.74, 6) is 1.15. The van der Waals surface area contributed by atoms with Crippen molar-refractivity contribution < 1.29 is 0 Å². The van der Waals surface area contributed by atoms with Crippen LogP contribution in [0.15, 0.2) is 194 Å². The number of fused-ring (bicyclic) bond motifs is 10. The molecule has 63 heavy (non-hydrogen) atoms. The molecule has 0 nitrogen and oxygen atoms in total. The summed E-state index contributed by atoms with van der Waals surface area (Å²) in [6.45, 7) is 7.40. The first-order valence-corrected chi connectivity index (χ1v) is 23.6. The normalized spacial score (nSPS) is 19.7. The van der Waals surface area contributed by atoms with Crippen LogP contribution >= 0.6 is 11.3 Å². The van der Waals surface area contributed by atoms with Gasteiger partial charge in [-0.15, -0.1) is 11.3 Å². The zero-order valence-corrected chi connectivity index (χ0v) is 36.8. The molecule has 4 unspecified atom stereocenters. The molecule has 0 aliphatic heterocycles. The standard InChI is InChI=1S/C62H48S/c1-38(53-33-45-31-42-15-7-8-16-43(42)32-54(45)49-18-10-9-17-48(49)53)41-23-28-50-51-29-24-44(35-57(51)61(2,3)56(50)34-41)58-37-62(58,46-25-21-40(22-26-46)39-13-5-4-6-14-39)47-27-30-60-55(36-47)52-19-11-12-20-59(52)63-60/h4-32,34-36,38,53,58H,33,37H2,1-3H3. The minimum Gasteiger partial charge on any atom is -0.135 e. The van der Waals surface area contributed by atoms with Crippen LogP contribution in [0, 0.1) is 0 Å². The molecule has 1 fully saturated rings. The molecule has 1 saturated carbocycles. The van der Waals surface area contributed by atoms with Gasteiger partial charge in [0.2, 0.25) is 0 Å². The van der Waals surface area contributed by atoms with Gasteiger partial charge in [-0.1, -0.05) is 191 Å². The SMILES string of the molecule is CC(c1ccc2c(c1)C(C)(C)c1cc(C3CC3(c3ccc(-c4ccccc4)cc3)c3ccc4sc5ccccc5c4c3)ccc1-2)C1Cc2cc3ccccc3cc2-c2ccccc21. The van der Waals surface area contributed by atoms with E-state index in [-0.39, 0.29) is 10.8 Å². The average Bonchev–Trinajstić information content (AvgIpc) is 3.93. The van der Waals surface area contributed by atoms with E-state index in [1.165, 1.54) is 109 Å². The van der Waals surface area contributed by atoms with Crippen LogP contribution in [0.25, 0.3) is 64.3 Å². The van der Waals surface area contributed by atoms with Crippen molar-refractivity contribution in [2.45, 2.75) is 62.2 Å². The summed E-state index contributed by atoms with van der Waals surface area (Å²) in [7, 11) is 0. The highest BCUT2D eigenvalue weighted by Gasteiger charge is 2.57. The number of hydrogen-bond acceptors (Lipinski definition) is 1. The fourth-order valence-corrected chi connectivity index (χ4v) is 13.2. The summed E-state index contributed by atoms with van der Waals surface area (Å²) in [5, 5.41) is 5.39. The number of hydrogen-bond donors (Lipinski definition) is 0. The van der Waals surface area contributed by atoms with E-state index >= 15 is 0 Å². The van der Waals surface area contributed by atoms with Crippen molar-refractivity contribution in [2.75, 3.05) is 0 Å². The summed E-state index contributed by atoms with van der Waals surface area (Å²) in [6.07, 6.45) is 2.15. The third-order valence-corrected chi connectivity index (χ3v) is 16.8. The highest BCUT2D eigenvalue weighted by atomic mass is 32.1. The number of rotatable bonds is 6. The number of benzene rings is 9. The summed E-state index contributed by atoms with van der Waals surface area (Å²) in [5.41, 5.74) is 19.5. The highest BCUT2D eigenvalue weighted by Crippen LogP contribution is 2.66. The smallest absolute Gasteiger partial charge is 0.0355 e. The summed E-state index contributed by atoms with van der Waals surface area (Å²) in [4.78, 5) is 0. The Morgan fingerprint density at radius 2 is 1.17 bits per heavy atom. The van der Waals surface area contributed by atoms with Crippen molar-refractivity contribution >= 4 is 42.3 Å². The maximum absolute atomic E-state index is 2.60. The molecule has 1 heterocycles. The van der Waals surface area contributed by atoms with Crippen molar-refractivity contribution in [1.29, 1.82) is 0 Å². The largest absolute Gasteiger partial charge is 0.135 e. The molecule has 9 aromatic carbocycles. The van der Waals surface area contributed by atoms with Crippen LogP contribution in [0.2, 0.25) is 0 Å². The lowest BCUT2D eigenvalue weighted by Crippen LogP contribution is -2.19. The molecule has 10 aromatic rings. The third-order valence-electron chi connectivity index (χ3n) is 15.7. The van der Waals surface area contributed by atoms with Crippen molar-refractivity contribution in [1.82, 2.24) is 0 Å². The second-order valence-corrected chi connectivity index (χ2v) is 20.3. The van der Waals surface area contributed by atoms with E-state index in [1.54, 1.807) is 0 Å². The molecular formula is C62H48S. The molecule has 0 saturated heterocycles. The molecule has 0 radical (unpaired) electrons. The fourth-order valence-electron chi connectivity index (χ4n) is 12.1. The minimum absolute atomic E-state index is 0.0971. The first-order valence-electron chi connectivity index (χ1n) is 22.8. The first-order chi connectivity index (χ1) is 30.8. The van der Waals surface area contributed by atoms with E-state index in [4.69, 9.17) is 0 Å². The minimum atomic E-state index is -0.115. The Hall–Kier alpha value is -6.54. The van der Waals surface area contributed by atoms with Gasteiger partial charge in [-0.2, -0.15) is 0 Å². The molecule has 3 aliphatic carbocycles. The van der Waals surface area contributed by atoms with Gasteiger partial charge in [0.05, 0.1) is 0 Å². The zero-order chi connectivity index (χ0) is 42.0. The predicted molar refractivity (Wildman–Crippen MR) is 268 cm³/mol. The highest BCUT2D eigenvalue weighted by molar-refractivity contribution is 7.25. The Balaban J connectivity index is 0.863. The molecular weight excluding hydrogens is 777 g/mol. The molecule has 13 rings (SSSR count). The lowest BCUT2D eigenvalue weighted by Gasteiger charge is -2.33. The van der Waals surface area contributed by atoms with Gasteiger partial charge in [0, 0.05) is 31.0 Å². The van der Waals surface area contributed by atoms with E-state index in [1.807, 2.05) is 11.3 Å². The fraction of sp³-hybridized carbons (Fsp3) is 0.161. The van der Waals surface area contributed by atoms with Crippen LogP contribution < -0.4 is 0 Å². The monoisotopic (exact) mass is 824 g/mol. The lowest BCUT2D eigenvalue weighted by atomic mass is 9.71. The van der Waals surface area contributed by atoms with E-state index in [0.29, 0.717) is 17.8 Å². The van der Waals surface area contributed by atoms with Gasteiger partial charge in [-0.25, -0.2) is 0 Å². The van der Waals surface area contributed by atoms with E-state index in [9.17, 15) is 0 Å². The van der Waals surface area contributed by atoms with Crippen LogP contribution in [-0.4, -0.2) is 0 Å². The third kappa shape index (κ3) is 5.59. The van der Waals surface area contributed by atoms with E-state index < -0.39 is 0 Å². The first kappa shape index (κ1) is 37.1. The van der Waals surface area contributed by atoms with Crippen LogP contribution in [0.3, 0.4) is 0 Å². The van der Waals surface area contributed by atoms with Crippen molar-refractivity contribution in [2.24, 2.45) is 0 Å². The lowest BCUT2D eigenvalue weighted by molar-refractivity contribution is 0.566. The molecule has 0 N–H and O–H groups in total. The maximum atomic E-state index is 2.60. The van der Waals surface area contributed by atoms with Crippen LogP contribution in [-0.2, 0) is 17.3 Å². The Bertz CT molecular complexity index is 3460. The van der Waals surface area contributed by atoms with Crippen LogP contribution in [0.5, 0.6) is 0 Å². The Kier molecular flexibility index (Phi) is 8.07. The summed E-state index contributed by atoms with van der Waals surface area (Å²) >= 11 is 1.91. The molecule has 4 atom stereocenters. The molecule has 0 amide bonds. The second-order valence-electron chi connectivity index (χ2n) is 19.3. The molecule has 3 aliphatic rings. The van der Waals surface area contributed by atoms with Crippen molar-refractivity contribution in [3.8, 4) is 33.4 Å². The van der Waals surface area contributed by atoms with Gasteiger partial charge in [-0.05, 0) is 144 Å². The van der Waals surface area contributed by atoms with Crippen LogP contribution in [0.4, 0.5) is 0 Å². The van der Waals surface area contributed by atoms with Crippen molar-refractivity contribution in [3.05, 3.63) is 239 Å². The molecule has 1 aromatic heterocycles. The van der Waals surface area contributed by atoms with Gasteiger partial charge in [0.15, 0.2) is 0 Å². The second kappa shape index (κ2) is 13.7. The van der Waals surface area contributed by atoms with E-state index in [2.05, 4.69) is 215 Å². The predicted octanol–water partition coefficient (Wildman–Crippen LogP) is 16.8. The van der Waals surface area contributed by atoms with Gasteiger partial charge in [0.25, 0.3) is 0 Å². The van der Waals surface area contributed by atoms with Gasteiger partial charge >= 0.3 is 0 Å². The Morgan fingerprint density at radius 3 is 2.02 bits per heavy atom. The van der Waals surface area contributed by atoms with Gasteiger partial charge < -0.3 is 0 Å². The van der Waals surface area contributed by atoms with E-state index in [0.717, 1.165) is 12.8 Å². The summed E-state index contributed by atoms with van der Waals surface area (Å²) in [6, 6.07) is 74.4. The topological polar surface area (TPSA) is 0 Å². The zero-order valence-electron chi connectivity index (χ0n) is 36.0. The van der Waals surface area contributed by atoms with Crippen molar-refractivity contribution in [3.63, 3.8) is 0 Å². The Labute approximate surface area is 374 Å². The molecule has 0 bridgehead atoms. The summed E-state index contributed by atoms with van der Waals surface area (Å²) < 4.78 is 2.72. The van der Waals surface area contributed by atoms with Gasteiger partial charge in [-0.3, -0.25) is 0 Å². The molecule has 302 valence electrons. The van der Waals surface area contributed by atoms with Crippen LogP contribution in [0.1, 0.15) is 89.5 Å². The van der Waals surface area contributed by atoms with Gasteiger partial charge in [0.1, 0.15) is 0 Å². The Morgan fingerprint density at radius 1 is 0.508 bits per heavy atom. The quantitative estimate of drug-likeness (QED) is 0.157. The molecule has 1 heteroatoms.